The molecule has 0 atom stereocenters. The third-order valence-electron chi connectivity index (χ3n) is 5.87. The lowest BCUT2D eigenvalue weighted by Gasteiger charge is -2.34. The summed E-state index contributed by atoms with van der Waals surface area (Å²) in [5, 5.41) is 10.0. The zero-order chi connectivity index (χ0) is 23.7. The Balaban J connectivity index is 1.41. The fourth-order valence-electron chi connectivity index (χ4n) is 4.13. The van der Waals surface area contributed by atoms with Gasteiger partial charge in [0.25, 0.3) is 5.91 Å². The molecule has 9 heteroatoms. The number of para-hydroxylation sites is 1. The van der Waals surface area contributed by atoms with E-state index < -0.39 is 10.0 Å². The molecule has 2 aromatic carbocycles. The summed E-state index contributed by atoms with van der Waals surface area (Å²) in [6.07, 6.45) is 1.55. The Morgan fingerprint density at radius 3 is 2.44 bits per heavy atom. The van der Waals surface area contributed by atoms with Crippen LogP contribution in [-0.2, 0) is 10.0 Å². The molecule has 8 nitrogen and oxygen atoms in total. The van der Waals surface area contributed by atoms with Crippen LogP contribution in [0.25, 0.3) is 22.4 Å². The van der Waals surface area contributed by atoms with E-state index in [9.17, 15) is 18.5 Å². The number of rotatable bonds is 4. The summed E-state index contributed by atoms with van der Waals surface area (Å²) in [6.45, 7) is 0.753. The number of hydrogen-bond donors (Lipinski definition) is 0. The second-order valence-electron chi connectivity index (χ2n) is 7.85. The van der Waals surface area contributed by atoms with Gasteiger partial charge in [0, 0.05) is 31.6 Å². The SMILES string of the molecule is N#Cc1ccccc1S(=O)(=O)N1CCN(C(=O)c2cc(-c3ccco3)nc3ccccc23)CC1. The number of carbonyl (C=O) groups excluding carboxylic acids is 1. The molecule has 0 unspecified atom stereocenters. The quantitative estimate of drug-likeness (QED) is 0.450. The number of pyridine rings is 1. The van der Waals surface area contributed by atoms with Gasteiger partial charge < -0.3 is 9.32 Å². The van der Waals surface area contributed by atoms with Crippen LogP contribution in [0.3, 0.4) is 0 Å². The first-order chi connectivity index (χ1) is 16.5. The van der Waals surface area contributed by atoms with E-state index in [4.69, 9.17) is 4.42 Å². The zero-order valence-corrected chi connectivity index (χ0v) is 18.9. The third kappa shape index (κ3) is 3.83. The van der Waals surface area contributed by atoms with Crippen molar-refractivity contribution in [1.29, 1.82) is 5.26 Å². The van der Waals surface area contributed by atoms with Crippen LogP contribution in [0.15, 0.2) is 82.3 Å². The average Bonchev–Trinajstić information content (AvgIpc) is 3.43. The van der Waals surface area contributed by atoms with Gasteiger partial charge in [-0.3, -0.25) is 4.79 Å². The summed E-state index contributed by atoms with van der Waals surface area (Å²) in [5.74, 6) is 0.368. The molecule has 170 valence electrons. The number of hydrogen-bond acceptors (Lipinski definition) is 6. The maximum atomic E-state index is 13.5. The van der Waals surface area contributed by atoms with Crippen LogP contribution in [0.4, 0.5) is 0 Å². The number of furan rings is 1. The van der Waals surface area contributed by atoms with Crippen LogP contribution in [-0.4, -0.2) is 54.7 Å². The molecular formula is C25H20N4O4S. The highest BCUT2D eigenvalue weighted by Gasteiger charge is 2.32. The van der Waals surface area contributed by atoms with Gasteiger partial charge in [0.1, 0.15) is 11.8 Å². The van der Waals surface area contributed by atoms with Crippen molar-refractivity contribution < 1.29 is 17.6 Å². The first-order valence-corrected chi connectivity index (χ1v) is 12.2. The van der Waals surface area contributed by atoms with E-state index in [2.05, 4.69) is 4.98 Å². The van der Waals surface area contributed by atoms with Gasteiger partial charge in [-0.05, 0) is 36.4 Å². The van der Waals surface area contributed by atoms with Gasteiger partial charge in [-0.1, -0.05) is 30.3 Å². The van der Waals surface area contributed by atoms with Crippen LogP contribution >= 0.6 is 0 Å². The average molecular weight is 473 g/mol. The standard InChI is InChI=1S/C25H20N4O4S/c26-17-18-6-1-4-10-24(18)34(31,32)29-13-11-28(12-14-29)25(30)20-16-22(23-9-5-15-33-23)27-21-8-3-2-7-19(20)21/h1-10,15-16H,11-14H2. The first kappa shape index (κ1) is 21.8. The second kappa shape index (κ2) is 8.74. The van der Waals surface area contributed by atoms with Crippen molar-refractivity contribution in [3.63, 3.8) is 0 Å². The minimum absolute atomic E-state index is 0.0134. The Bertz CT molecular complexity index is 1520. The molecule has 0 N–H and O–H groups in total. The Kier molecular flexibility index (Phi) is 5.61. The summed E-state index contributed by atoms with van der Waals surface area (Å²) >= 11 is 0. The number of aromatic nitrogens is 1. The third-order valence-corrected chi connectivity index (χ3v) is 7.83. The van der Waals surface area contributed by atoms with Gasteiger partial charge >= 0.3 is 0 Å². The first-order valence-electron chi connectivity index (χ1n) is 10.7. The number of benzene rings is 2. The molecular weight excluding hydrogens is 452 g/mol. The molecule has 34 heavy (non-hydrogen) atoms. The molecule has 1 aliphatic heterocycles. The van der Waals surface area contributed by atoms with Gasteiger partial charge in [0.15, 0.2) is 5.76 Å². The van der Waals surface area contributed by atoms with Crippen LogP contribution in [0.1, 0.15) is 15.9 Å². The maximum absolute atomic E-state index is 13.5. The summed E-state index contributed by atoms with van der Waals surface area (Å²) in [5.41, 5.74) is 1.83. The second-order valence-corrected chi connectivity index (χ2v) is 9.76. The van der Waals surface area contributed by atoms with E-state index in [1.807, 2.05) is 30.3 Å². The topological polar surface area (TPSA) is 108 Å². The highest BCUT2D eigenvalue weighted by atomic mass is 32.2. The van der Waals surface area contributed by atoms with E-state index >= 15 is 0 Å². The summed E-state index contributed by atoms with van der Waals surface area (Å²) in [7, 11) is -3.84. The largest absolute Gasteiger partial charge is 0.463 e. The fraction of sp³-hybridized carbons (Fsp3) is 0.160. The number of sulfonamides is 1. The van der Waals surface area contributed by atoms with Crippen LogP contribution in [0.5, 0.6) is 0 Å². The lowest BCUT2D eigenvalue weighted by molar-refractivity contribution is 0.0700. The molecule has 3 heterocycles. The molecule has 1 fully saturated rings. The fourth-order valence-corrected chi connectivity index (χ4v) is 5.69. The summed E-state index contributed by atoms with van der Waals surface area (Å²) in [6, 6.07) is 20.8. The predicted molar refractivity (Wildman–Crippen MR) is 125 cm³/mol. The summed E-state index contributed by atoms with van der Waals surface area (Å²) in [4.78, 5) is 19.8. The van der Waals surface area contributed by atoms with E-state index in [-0.39, 0.29) is 42.5 Å². The monoisotopic (exact) mass is 472 g/mol. The predicted octanol–water partition coefficient (Wildman–Crippen LogP) is 3.51. The van der Waals surface area contributed by atoms with E-state index in [1.165, 1.54) is 16.4 Å². The number of nitrogens with zero attached hydrogens (tertiary/aromatic N) is 4. The molecule has 0 bridgehead atoms. The zero-order valence-electron chi connectivity index (χ0n) is 18.1. The molecule has 1 saturated heterocycles. The van der Waals surface area contributed by atoms with Crippen molar-refractivity contribution in [2.75, 3.05) is 26.2 Å². The molecule has 2 aromatic heterocycles. The molecule has 5 rings (SSSR count). The molecule has 0 spiro atoms. The Morgan fingerprint density at radius 2 is 1.71 bits per heavy atom. The molecule has 0 aliphatic carbocycles. The van der Waals surface area contributed by atoms with Crippen LogP contribution in [0.2, 0.25) is 0 Å². The van der Waals surface area contributed by atoms with E-state index in [0.717, 1.165) is 5.39 Å². The maximum Gasteiger partial charge on any atom is 0.254 e. The number of amides is 1. The lowest BCUT2D eigenvalue weighted by Crippen LogP contribution is -2.50. The van der Waals surface area contributed by atoms with Gasteiger partial charge in [0.05, 0.1) is 27.8 Å². The van der Waals surface area contributed by atoms with Crippen molar-refractivity contribution in [3.8, 4) is 17.5 Å². The van der Waals surface area contributed by atoms with Crippen molar-refractivity contribution in [1.82, 2.24) is 14.2 Å². The smallest absolute Gasteiger partial charge is 0.254 e. The number of piperazine rings is 1. The highest BCUT2D eigenvalue weighted by Crippen LogP contribution is 2.27. The Hall–Kier alpha value is -4.00. The number of fused-ring (bicyclic) bond motifs is 1. The summed E-state index contributed by atoms with van der Waals surface area (Å²) < 4.78 is 33.0. The number of nitriles is 1. The molecule has 4 aromatic rings. The molecule has 0 saturated carbocycles. The van der Waals surface area contributed by atoms with Crippen LogP contribution < -0.4 is 0 Å². The minimum atomic E-state index is -3.84. The Labute approximate surface area is 196 Å². The van der Waals surface area contributed by atoms with Crippen molar-refractivity contribution in [2.24, 2.45) is 0 Å². The van der Waals surface area contributed by atoms with Gasteiger partial charge in [-0.15, -0.1) is 0 Å². The van der Waals surface area contributed by atoms with E-state index in [0.29, 0.717) is 22.5 Å². The van der Waals surface area contributed by atoms with Gasteiger partial charge in [-0.2, -0.15) is 9.57 Å². The van der Waals surface area contributed by atoms with E-state index in [1.54, 1.807) is 41.5 Å². The highest BCUT2D eigenvalue weighted by molar-refractivity contribution is 7.89. The molecule has 1 amide bonds. The van der Waals surface area contributed by atoms with Gasteiger partial charge in [-0.25, -0.2) is 13.4 Å². The molecule has 1 aliphatic rings. The van der Waals surface area contributed by atoms with Crippen molar-refractivity contribution >= 4 is 26.8 Å². The van der Waals surface area contributed by atoms with Crippen molar-refractivity contribution in [3.05, 3.63) is 84.1 Å². The lowest BCUT2D eigenvalue weighted by atomic mass is 10.1. The number of carbonyl (C=O) groups is 1. The van der Waals surface area contributed by atoms with Crippen molar-refractivity contribution in [2.45, 2.75) is 4.90 Å². The molecule has 0 radical (unpaired) electrons. The van der Waals surface area contributed by atoms with Crippen LogP contribution in [0, 0.1) is 11.3 Å². The van der Waals surface area contributed by atoms with Gasteiger partial charge in [0.2, 0.25) is 10.0 Å². The normalized spacial score (nSPS) is 14.7. The Morgan fingerprint density at radius 1 is 0.971 bits per heavy atom. The minimum Gasteiger partial charge on any atom is -0.463 e.